The van der Waals surface area contributed by atoms with Crippen molar-refractivity contribution in [1.29, 1.82) is 0 Å². The summed E-state index contributed by atoms with van der Waals surface area (Å²) in [6.45, 7) is 0. The number of nitrogens with zero attached hydrogens (tertiary/aromatic N) is 4. The zero-order valence-electron chi connectivity index (χ0n) is 11.2. The van der Waals surface area contributed by atoms with Gasteiger partial charge in [0.2, 0.25) is 16.6 Å². The van der Waals surface area contributed by atoms with Crippen LogP contribution in [0.3, 0.4) is 0 Å². The lowest BCUT2D eigenvalue weighted by Crippen LogP contribution is -2.21. The topological polar surface area (TPSA) is 95.5 Å². The van der Waals surface area contributed by atoms with Crippen molar-refractivity contribution in [2.24, 2.45) is 5.16 Å². The van der Waals surface area contributed by atoms with Crippen LogP contribution in [0.5, 0.6) is 5.19 Å². The summed E-state index contributed by atoms with van der Waals surface area (Å²) in [5.41, 5.74) is 6.61. The van der Waals surface area contributed by atoms with Crippen molar-refractivity contribution in [3.63, 3.8) is 0 Å². The number of ether oxygens (including phenoxy) is 1. The highest BCUT2D eigenvalue weighted by molar-refractivity contribution is 7.81. The van der Waals surface area contributed by atoms with Crippen LogP contribution in [0.2, 0.25) is 0 Å². The Morgan fingerprint density at radius 1 is 1.32 bits per heavy atom. The zero-order chi connectivity index (χ0) is 15.5. The Bertz CT molecular complexity index is 824. The van der Waals surface area contributed by atoms with E-state index in [9.17, 15) is 0 Å². The van der Waals surface area contributed by atoms with E-state index in [1.165, 1.54) is 18.4 Å². The van der Waals surface area contributed by atoms with Gasteiger partial charge in [-0.15, -0.1) is 0 Å². The number of nitrogen functional groups attached to an aromatic ring is 1. The second-order valence-electron chi connectivity index (χ2n) is 3.92. The highest BCUT2D eigenvalue weighted by atomic mass is 32.1. The largest absolute Gasteiger partial charge is 0.416 e. The maximum Gasteiger partial charge on any atom is 0.280 e. The molecule has 0 spiro atoms. The molecule has 2 N–H and O–H groups in total. The summed E-state index contributed by atoms with van der Waals surface area (Å²) in [6, 6.07) is 7.69. The Hall–Kier alpha value is -2.17. The molecule has 3 rings (SSSR count). The number of hydrogen-bond acceptors (Lipinski definition) is 10. The van der Waals surface area contributed by atoms with E-state index in [-0.39, 0.29) is 16.6 Å². The Morgan fingerprint density at radius 3 is 2.82 bits per heavy atom. The second kappa shape index (κ2) is 6.30. The normalized spacial score (nSPS) is 11.6. The molecule has 3 aromatic rings. The molecule has 0 radical (unpaired) electrons. The fourth-order valence-electron chi connectivity index (χ4n) is 1.61. The molecule has 2 heterocycles. The van der Waals surface area contributed by atoms with Gasteiger partial charge in [-0.3, -0.25) is 0 Å². The van der Waals surface area contributed by atoms with Crippen molar-refractivity contribution >= 4 is 61.2 Å². The standard InChI is InChI=1S/C12H9N5O2S3/c1-18-16-8(9-15-11(13)22-17-9)10(20)19-12-14-6-4-2-3-5-7(6)21-12/h2-5H,1H3,(H2,13,15,17)/b16-8+. The molecule has 0 amide bonds. The van der Waals surface area contributed by atoms with Crippen molar-refractivity contribution in [1.82, 2.24) is 14.3 Å². The number of anilines is 1. The number of thiazole rings is 1. The van der Waals surface area contributed by atoms with Crippen molar-refractivity contribution in [3.8, 4) is 5.19 Å². The molecule has 0 unspecified atom stereocenters. The van der Waals surface area contributed by atoms with E-state index in [1.54, 1.807) is 0 Å². The van der Waals surface area contributed by atoms with Crippen LogP contribution in [0.1, 0.15) is 5.82 Å². The summed E-state index contributed by atoms with van der Waals surface area (Å²) >= 11 is 7.66. The number of hydrogen-bond donors (Lipinski definition) is 1. The predicted octanol–water partition coefficient (Wildman–Crippen LogP) is 2.49. The maximum atomic E-state index is 5.59. The molecule has 0 fully saturated rings. The van der Waals surface area contributed by atoms with Gasteiger partial charge in [0.05, 0.1) is 10.2 Å². The Kier molecular flexibility index (Phi) is 4.22. The zero-order valence-corrected chi connectivity index (χ0v) is 13.7. The van der Waals surface area contributed by atoms with Gasteiger partial charge in [0.15, 0.2) is 5.13 Å². The van der Waals surface area contributed by atoms with Gasteiger partial charge >= 0.3 is 0 Å². The van der Waals surface area contributed by atoms with Gasteiger partial charge in [-0.2, -0.15) is 9.36 Å². The fourth-order valence-corrected chi connectivity index (χ4v) is 3.13. The third-order valence-corrected chi connectivity index (χ3v) is 4.22. The fraction of sp³-hybridized carbons (Fsp3) is 0.0833. The summed E-state index contributed by atoms with van der Waals surface area (Å²) in [4.78, 5) is 13.1. The summed E-state index contributed by atoms with van der Waals surface area (Å²) in [7, 11) is 1.40. The van der Waals surface area contributed by atoms with E-state index in [0.717, 1.165) is 21.7 Å². The van der Waals surface area contributed by atoms with Gasteiger partial charge in [-0.25, -0.2) is 4.98 Å². The monoisotopic (exact) mass is 351 g/mol. The summed E-state index contributed by atoms with van der Waals surface area (Å²) in [5, 5.41) is 4.60. The van der Waals surface area contributed by atoms with Gasteiger partial charge in [0.1, 0.15) is 7.11 Å². The lowest BCUT2D eigenvalue weighted by molar-refractivity contribution is 0.214. The van der Waals surface area contributed by atoms with E-state index in [4.69, 9.17) is 27.5 Å². The minimum absolute atomic E-state index is 0.0682. The van der Waals surface area contributed by atoms with Gasteiger partial charge in [-0.1, -0.05) is 28.6 Å². The molecule has 22 heavy (non-hydrogen) atoms. The van der Waals surface area contributed by atoms with E-state index in [1.807, 2.05) is 24.3 Å². The molecule has 7 nitrogen and oxygen atoms in total. The van der Waals surface area contributed by atoms with Gasteiger partial charge < -0.3 is 15.3 Å². The summed E-state index contributed by atoms with van der Waals surface area (Å²) < 4.78 is 10.6. The lowest BCUT2D eigenvalue weighted by atomic mass is 10.3. The number of benzene rings is 1. The van der Waals surface area contributed by atoms with Crippen molar-refractivity contribution in [2.45, 2.75) is 0 Å². The molecule has 0 bridgehead atoms. The van der Waals surface area contributed by atoms with Gasteiger partial charge in [0, 0.05) is 11.5 Å². The molecule has 10 heteroatoms. The lowest BCUT2D eigenvalue weighted by Gasteiger charge is -2.03. The SMILES string of the molecule is CO/N=C(/C(=S)Oc1nc2ccccc2s1)c1nsc(N)n1. The molecule has 0 saturated carbocycles. The van der Waals surface area contributed by atoms with E-state index in [2.05, 4.69) is 19.5 Å². The number of nitrogens with two attached hydrogens (primary N) is 1. The first kappa shape index (κ1) is 14.8. The molecule has 1 aromatic carbocycles. The first-order valence-electron chi connectivity index (χ1n) is 5.96. The minimum Gasteiger partial charge on any atom is -0.416 e. The van der Waals surface area contributed by atoms with Crippen LogP contribution in [0.15, 0.2) is 29.4 Å². The molecular weight excluding hydrogens is 342 g/mol. The molecule has 112 valence electrons. The highest BCUT2D eigenvalue weighted by Gasteiger charge is 2.20. The molecule has 0 aliphatic carbocycles. The third kappa shape index (κ3) is 3.03. The van der Waals surface area contributed by atoms with E-state index < -0.39 is 0 Å². The molecular formula is C12H9N5O2S3. The average molecular weight is 351 g/mol. The minimum atomic E-state index is 0.0682. The third-order valence-electron chi connectivity index (χ3n) is 2.48. The Morgan fingerprint density at radius 2 is 2.14 bits per heavy atom. The molecule has 0 aliphatic rings. The number of para-hydroxylation sites is 1. The van der Waals surface area contributed by atoms with E-state index >= 15 is 0 Å². The first-order valence-corrected chi connectivity index (χ1v) is 7.95. The van der Waals surface area contributed by atoms with Crippen LogP contribution in [-0.2, 0) is 4.84 Å². The Balaban J connectivity index is 1.86. The molecule has 0 saturated heterocycles. The quantitative estimate of drug-likeness (QED) is 0.438. The Labute approximate surface area is 138 Å². The van der Waals surface area contributed by atoms with Gasteiger partial charge in [-0.05, 0) is 24.4 Å². The first-order chi connectivity index (χ1) is 10.7. The maximum absolute atomic E-state index is 5.59. The summed E-state index contributed by atoms with van der Waals surface area (Å²) in [6.07, 6.45) is 0. The highest BCUT2D eigenvalue weighted by Crippen LogP contribution is 2.27. The van der Waals surface area contributed by atoms with Crippen LogP contribution in [0.4, 0.5) is 5.13 Å². The van der Waals surface area contributed by atoms with Crippen molar-refractivity contribution < 1.29 is 9.57 Å². The van der Waals surface area contributed by atoms with Crippen LogP contribution < -0.4 is 10.5 Å². The number of aromatic nitrogens is 3. The number of oxime groups is 1. The van der Waals surface area contributed by atoms with Crippen LogP contribution >= 0.6 is 35.1 Å². The number of fused-ring (bicyclic) bond motifs is 1. The molecule has 0 aliphatic heterocycles. The number of rotatable bonds is 4. The predicted molar refractivity (Wildman–Crippen MR) is 90.7 cm³/mol. The smallest absolute Gasteiger partial charge is 0.280 e. The van der Waals surface area contributed by atoms with E-state index in [0.29, 0.717) is 10.3 Å². The molecule has 2 aromatic heterocycles. The van der Waals surface area contributed by atoms with Crippen molar-refractivity contribution in [2.75, 3.05) is 12.8 Å². The van der Waals surface area contributed by atoms with Crippen LogP contribution in [0, 0.1) is 0 Å². The second-order valence-corrected chi connectivity index (χ2v) is 6.06. The summed E-state index contributed by atoms with van der Waals surface area (Å²) in [5.74, 6) is 0.260. The van der Waals surface area contributed by atoms with Crippen LogP contribution in [0.25, 0.3) is 10.2 Å². The van der Waals surface area contributed by atoms with Gasteiger partial charge in [0.25, 0.3) is 5.19 Å². The van der Waals surface area contributed by atoms with Crippen molar-refractivity contribution in [3.05, 3.63) is 30.1 Å². The average Bonchev–Trinajstić information content (AvgIpc) is 3.10. The molecule has 0 atom stereocenters. The van der Waals surface area contributed by atoms with Crippen LogP contribution in [-0.4, -0.2) is 32.2 Å². The number of thiocarbonyl (C=S) groups is 1.